The van der Waals surface area contributed by atoms with Crippen molar-refractivity contribution < 1.29 is 4.52 Å². The van der Waals surface area contributed by atoms with Crippen molar-refractivity contribution in [3.63, 3.8) is 0 Å². The monoisotopic (exact) mass is 295 g/mol. The fourth-order valence-electron chi connectivity index (χ4n) is 1.51. The highest BCUT2D eigenvalue weighted by atomic mass is 79.9. The van der Waals surface area contributed by atoms with Gasteiger partial charge in [0.25, 0.3) is 5.89 Å². The first-order valence-electron chi connectivity index (χ1n) is 5.51. The van der Waals surface area contributed by atoms with E-state index in [1.54, 1.807) is 0 Å². The standard InChI is InChI=1S/C12H14BrN3O/c1-3-14-7-11-15-12(17-16-11)9-5-4-6-10(13)8(9)2/h4-6,14H,3,7H2,1-2H3. The first-order valence-corrected chi connectivity index (χ1v) is 6.30. The zero-order valence-electron chi connectivity index (χ0n) is 9.83. The molecule has 17 heavy (non-hydrogen) atoms. The minimum atomic E-state index is 0.566. The maximum atomic E-state index is 5.26. The molecule has 0 fully saturated rings. The normalized spacial score (nSPS) is 10.8. The SMILES string of the molecule is CCNCc1noc(-c2cccc(Br)c2C)n1. The van der Waals surface area contributed by atoms with Gasteiger partial charge in [-0.25, -0.2) is 0 Å². The molecular formula is C12H14BrN3O. The lowest BCUT2D eigenvalue weighted by Crippen LogP contribution is -2.12. The summed E-state index contributed by atoms with van der Waals surface area (Å²) in [5.74, 6) is 1.25. The second-order valence-electron chi connectivity index (χ2n) is 3.71. The summed E-state index contributed by atoms with van der Waals surface area (Å²) in [7, 11) is 0. The van der Waals surface area contributed by atoms with Gasteiger partial charge >= 0.3 is 0 Å². The predicted octanol–water partition coefficient (Wildman–Crippen LogP) is 2.92. The molecule has 0 saturated carbocycles. The summed E-state index contributed by atoms with van der Waals surface area (Å²) >= 11 is 3.49. The van der Waals surface area contributed by atoms with Crippen molar-refractivity contribution >= 4 is 15.9 Å². The molecule has 0 unspecified atom stereocenters. The molecule has 0 amide bonds. The molecule has 1 N–H and O–H groups in total. The number of nitrogens with one attached hydrogen (secondary N) is 1. The lowest BCUT2D eigenvalue weighted by molar-refractivity contribution is 0.419. The van der Waals surface area contributed by atoms with Gasteiger partial charge in [-0.2, -0.15) is 4.98 Å². The first kappa shape index (κ1) is 12.3. The summed E-state index contributed by atoms with van der Waals surface area (Å²) in [6.45, 7) is 5.58. The Labute approximate surface area is 109 Å². The summed E-state index contributed by atoms with van der Waals surface area (Å²) in [5, 5.41) is 7.10. The van der Waals surface area contributed by atoms with E-state index in [0.29, 0.717) is 18.3 Å². The van der Waals surface area contributed by atoms with Crippen molar-refractivity contribution in [3.8, 4) is 11.5 Å². The number of benzene rings is 1. The average molecular weight is 296 g/mol. The van der Waals surface area contributed by atoms with Crippen molar-refractivity contribution in [3.05, 3.63) is 34.1 Å². The number of rotatable bonds is 4. The molecule has 2 aromatic rings. The molecular weight excluding hydrogens is 282 g/mol. The van der Waals surface area contributed by atoms with Gasteiger partial charge in [-0.05, 0) is 31.2 Å². The largest absolute Gasteiger partial charge is 0.334 e. The molecule has 1 aromatic heterocycles. The van der Waals surface area contributed by atoms with E-state index in [1.807, 2.05) is 32.0 Å². The Morgan fingerprint density at radius 1 is 1.41 bits per heavy atom. The molecule has 0 radical (unpaired) electrons. The Kier molecular flexibility index (Phi) is 3.91. The van der Waals surface area contributed by atoms with Gasteiger partial charge in [0.15, 0.2) is 5.82 Å². The van der Waals surface area contributed by atoms with Crippen molar-refractivity contribution in [2.45, 2.75) is 20.4 Å². The van der Waals surface area contributed by atoms with E-state index in [-0.39, 0.29) is 0 Å². The maximum absolute atomic E-state index is 5.26. The van der Waals surface area contributed by atoms with Gasteiger partial charge in [0.2, 0.25) is 0 Å². The minimum Gasteiger partial charge on any atom is -0.334 e. The van der Waals surface area contributed by atoms with Crippen LogP contribution in [-0.4, -0.2) is 16.7 Å². The van der Waals surface area contributed by atoms with E-state index in [2.05, 4.69) is 31.4 Å². The molecule has 0 aliphatic rings. The molecule has 5 heteroatoms. The third-order valence-corrected chi connectivity index (χ3v) is 3.36. The molecule has 1 aromatic carbocycles. The van der Waals surface area contributed by atoms with Gasteiger partial charge in [-0.1, -0.05) is 34.1 Å². The Morgan fingerprint density at radius 3 is 3.00 bits per heavy atom. The number of hydrogen-bond donors (Lipinski definition) is 1. The van der Waals surface area contributed by atoms with Crippen LogP contribution in [0, 0.1) is 6.92 Å². The maximum Gasteiger partial charge on any atom is 0.258 e. The van der Waals surface area contributed by atoms with Crippen LogP contribution >= 0.6 is 15.9 Å². The third-order valence-electron chi connectivity index (χ3n) is 2.50. The Hall–Kier alpha value is -1.20. The van der Waals surface area contributed by atoms with Crippen LogP contribution < -0.4 is 5.32 Å². The fraction of sp³-hybridized carbons (Fsp3) is 0.333. The fourth-order valence-corrected chi connectivity index (χ4v) is 1.88. The van der Waals surface area contributed by atoms with Crippen molar-refractivity contribution in [1.29, 1.82) is 0 Å². The first-order chi connectivity index (χ1) is 8.22. The lowest BCUT2D eigenvalue weighted by Gasteiger charge is -2.01. The molecule has 1 heterocycles. The molecule has 2 rings (SSSR count). The topological polar surface area (TPSA) is 51.0 Å². The lowest BCUT2D eigenvalue weighted by atomic mass is 10.1. The molecule has 4 nitrogen and oxygen atoms in total. The van der Waals surface area contributed by atoms with Crippen LogP contribution in [0.1, 0.15) is 18.3 Å². The van der Waals surface area contributed by atoms with Crippen molar-refractivity contribution in [2.75, 3.05) is 6.54 Å². The highest BCUT2D eigenvalue weighted by molar-refractivity contribution is 9.10. The number of hydrogen-bond acceptors (Lipinski definition) is 4. The number of aromatic nitrogens is 2. The van der Waals surface area contributed by atoms with Crippen LogP contribution in [0.2, 0.25) is 0 Å². The van der Waals surface area contributed by atoms with Crippen molar-refractivity contribution in [1.82, 2.24) is 15.5 Å². The van der Waals surface area contributed by atoms with E-state index >= 15 is 0 Å². The Bertz CT molecular complexity index is 510. The molecule has 0 spiro atoms. The molecule has 0 bridgehead atoms. The highest BCUT2D eigenvalue weighted by Gasteiger charge is 2.11. The summed E-state index contributed by atoms with van der Waals surface area (Å²) in [5.41, 5.74) is 2.07. The Balaban J connectivity index is 2.27. The van der Waals surface area contributed by atoms with Gasteiger partial charge in [-0.3, -0.25) is 0 Å². The molecule has 0 saturated heterocycles. The highest BCUT2D eigenvalue weighted by Crippen LogP contribution is 2.27. The van der Waals surface area contributed by atoms with Crippen LogP contribution in [0.15, 0.2) is 27.2 Å². The van der Waals surface area contributed by atoms with E-state index in [9.17, 15) is 0 Å². The molecule has 0 atom stereocenters. The molecule has 0 aliphatic carbocycles. The van der Waals surface area contributed by atoms with Gasteiger partial charge in [0.05, 0.1) is 6.54 Å². The summed E-state index contributed by atoms with van der Waals surface area (Å²) in [4.78, 5) is 4.36. The van der Waals surface area contributed by atoms with Crippen molar-refractivity contribution in [2.24, 2.45) is 0 Å². The van der Waals surface area contributed by atoms with E-state index in [0.717, 1.165) is 22.1 Å². The smallest absolute Gasteiger partial charge is 0.258 e. The summed E-state index contributed by atoms with van der Waals surface area (Å²) < 4.78 is 6.30. The third kappa shape index (κ3) is 2.73. The van der Waals surface area contributed by atoms with Crippen LogP contribution in [0.4, 0.5) is 0 Å². The van der Waals surface area contributed by atoms with Crippen LogP contribution in [0.5, 0.6) is 0 Å². The van der Waals surface area contributed by atoms with Crippen LogP contribution in [0.3, 0.4) is 0 Å². The average Bonchev–Trinajstić information content (AvgIpc) is 2.78. The van der Waals surface area contributed by atoms with E-state index in [1.165, 1.54) is 0 Å². The Morgan fingerprint density at radius 2 is 2.24 bits per heavy atom. The van der Waals surface area contributed by atoms with E-state index < -0.39 is 0 Å². The summed E-state index contributed by atoms with van der Waals surface area (Å²) in [6.07, 6.45) is 0. The van der Waals surface area contributed by atoms with Crippen LogP contribution in [-0.2, 0) is 6.54 Å². The summed E-state index contributed by atoms with van der Waals surface area (Å²) in [6, 6.07) is 5.93. The second kappa shape index (κ2) is 5.42. The quantitative estimate of drug-likeness (QED) is 0.942. The van der Waals surface area contributed by atoms with Gasteiger partial charge < -0.3 is 9.84 Å². The number of halogens is 1. The zero-order chi connectivity index (χ0) is 12.3. The van der Waals surface area contributed by atoms with Gasteiger partial charge in [0.1, 0.15) is 0 Å². The molecule has 0 aliphatic heterocycles. The van der Waals surface area contributed by atoms with E-state index in [4.69, 9.17) is 4.52 Å². The minimum absolute atomic E-state index is 0.566. The van der Waals surface area contributed by atoms with Gasteiger partial charge in [-0.15, -0.1) is 0 Å². The predicted molar refractivity (Wildman–Crippen MR) is 69.6 cm³/mol. The van der Waals surface area contributed by atoms with Crippen LogP contribution in [0.25, 0.3) is 11.5 Å². The number of nitrogens with zero attached hydrogens (tertiary/aromatic N) is 2. The zero-order valence-corrected chi connectivity index (χ0v) is 11.4. The molecule has 90 valence electrons. The second-order valence-corrected chi connectivity index (χ2v) is 4.56. The van der Waals surface area contributed by atoms with Gasteiger partial charge in [0, 0.05) is 10.0 Å².